The molecule has 4 nitrogen and oxygen atoms in total. The largest absolute Gasteiger partial charge is 0.364 e. The molecule has 1 aromatic carbocycles. The van der Waals surface area contributed by atoms with Crippen LogP contribution in [0.25, 0.3) is 0 Å². The molecule has 1 N–H and O–H groups in total. The van der Waals surface area contributed by atoms with E-state index in [9.17, 15) is 9.18 Å². The highest BCUT2D eigenvalue weighted by Crippen LogP contribution is 2.36. The molecule has 0 bridgehead atoms. The SMILES string of the molecule is O=C(Cc1ccon1)N[C@@H](c1ccccc1F)C1CCCC1. The van der Waals surface area contributed by atoms with Gasteiger partial charge in [0, 0.05) is 11.6 Å². The van der Waals surface area contributed by atoms with Crippen molar-refractivity contribution < 1.29 is 13.7 Å². The molecule has 0 spiro atoms. The summed E-state index contributed by atoms with van der Waals surface area (Å²) >= 11 is 0. The van der Waals surface area contributed by atoms with Crippen molar-refractivity contribution in [2.45, 2.75) is 38.1 Å². The fraction of sp³-hybridized carbons (Fsp3) is 0.412. The third-order valence-electron chi connectivity index (χ3n) is 4.26. The maximum Gasteiger partial charge on any atom is 0.226 e. The van der Waals surface area contributed by atoms with E-state index in [2.05, 4.69) is 10.5 Å². The van der Waals surface area contributed by atoms with E-state index < -0.39 is 0 Å². The van der Waals surface area contributed by atoms with Crippen LogP contribution in [0.4, 0.5) is 4.39 Å². The first-order chi connectivity index (χ1) is 10.7. The van der Waals surface area contributed by atoms with Crippen LogP contribution in [0.3, 0.4) is 0 Å². The van der Waals surface area contributed by atoms with E-state index in [1.165, 1.54) is 12.3 Å². The Labute approximate surface area is 128 Å². The zero-order valence-corrected chi connectivity index (χ0v) is 12.3. The van der Waals surface area contributed by atoms with E-state index in [4.69, 9.17) is 4.52 Å². The lowest BCUT2D eigenvalue weighted by molar-refractivity contribution is -0.121. The Morgan fingerprint density at radius 3 is 2.77 bits per heavy atom. The normalized spacial score (nSPS) is 16.6. The maximum atomic E-state index is 14.1. The number of carbonyl (C=O) groups is 1. The van der Waals surface area contributed by atoms with Crippen molar-refractivity contribution in [2.24, 2.45) is 5.92 Å². The molecule has 1 amide bonds. The van der Waals surface area contributed by atoms with Gasteiger partial charge >= 0.3 is 0 Å². The number of nitrogens with one attached hydrogen (secondary N) is 1. The Bertz CT molecular complexity index is 621. The minimum atomic E-state index is -0.275. The lowest BCUT2D eigenvalue weighted by atomic mass is 9.91. The van der Waals surface area contributed by atoms with Crippen LogP contribution in [0.2, 0.25) is 0 Å². The molecule has 1 aromatic heterocycles. The molecule has 1 heterocycles. The zero-order chi connectivity index (χ0) is 15.4. The van der Waals surface area contributed by atoms with Crippen molar-refractivity contribution in [1.82, 2.24) is 10.5 Å². The predicted molar refractivity (Wildman–Crippen MR) is 79.4 cm³/mol. The van der Waals surface area contributed by atoms with Crippen LogP contribution in [-0.2, 0) is 11.2 Å². The number of hydrogen-bond donors (Lipinski definition) is 1. The number of halogens is 1. The smallest absolute Gasteiger partial charge is 0.226 e. The Hall–Kier alpha value is -2.17. The summed E-state index contributed by atoms with van der Waals surface area (Å²) in [5.41, 5.74) is 1.15. The average Bonchev–Trinajstić information content (AvgIpc) is 3.19. The summed E-state index contributed by atoms with van der Waals surface area (Å²) < 4.78 is 18.9. The van der Waals surface area contributed by atoms with Gasteiger partial charge in [-0.2, -0.15) is 0 Å². The van der Waals surface area contributed by atoms with Crippen LogP contribution in [0.5, 0.6) is 0 Å². The molecule has 1 aliphatic rings. The van der Waals surface area contributed by atoms with Gasteiger partial charge in [0.1, 0.15) is 12.1 Å². The topological polar surface area (TPSA) is 55.1 Å². The molecule has 0 saturated heterocycles. The summed E-state index contributed by atoms with van der Waals surface area (Å²) in [6.07, 6.45) is 5.89. The summed E-state index contributed by atoms with van der Waals surface area (Å²) in [4.78, 5) is 12.2. The van der Waals surface area contributed by atoms with E-state index in [0.717, 1.165) is 25.7 Å². The van der Waals surface area contributed by atoms with Crippen molar-refractivity contribution >= 4 is 5.91 Å². The van der Waals surface area contributed by atoms with Gasteiger partial charge < -0.3 is 9.84 Å². The van der Waals surface area contributed by atoms with E-state index in [-0.39, 0.29) is 30.1 Å². The van der Waals surface area contributed by atoms with Crippen molar-refractivity contribution in [3.8, 4) is 0 Å². The summed E-state index contributed by atoms with van der Waals surface area (Å²) in [6.45, 7) is 0. The molecule has 3 rings (SSSR count). The molecule has 116 valence electrons. The number of rotatable bonds is 5. The van der Waals surface area contributed by atoms with Crippen molar-refractivity contribution in [1.29, 1.82) is 0 Å². The maximum absolute atomic E-state index is 14.1. The van der Waals surface area contributed by atoms with Crippen LogP contribution >= 0.6 is 0 Å². The molecule has 1 fully saturated rings. The molecular weight excluding hydrogens is 283 g/mol. The third-order valence-corrected chi connectivity index (χ3v) is 4.26. The molecule has 22 heavy (non-hydrogen) atoms. The van der Waals surface area contributed by atoms with Crippen LogP contribution < -0.4 is 5.32 Å². The van der Waals surface area contributed by atoms with Gasteiger partial charge in [0.05, 0.1) is 18.2 Å². The Balaban J connectivity index is 1.76. The molecule has 5 heteroatoms. The number of amides is 1. The van der Waals surface area contributed by atoms with Crippen molar-refractivity contribution in [2.75, 3.05) is 0 Å². The van der Waals surface area contributed by atoms with E-state index in [1.807, 2.05) is 6.07 Å². The van der Waals surface area contributed by atoms with Crippen LogP contribution in [0.15, 0.2) is 41.1 Å². The number of nitrogens with zero attached hydrogens (tertiary/aromatic N) is 1. The zero-order valence-electron chi connectivity index (χ0n) is 12.3. The molecule has 1 atom stereocenters. The predicted octanol–water partition coefficient (Wildman–Crippen LogP) is 3.40. The quantitative estimate of drug-likeness (QED) is 0.921. The van der Waals surface area contributed by atoms with Gasteiger partial charge in [0.2, 0.25) is 5.91 Å². The molecule has 0 radical (unpaired) electrons. The van der Waals surface area contributed by atoms with Gasteiger partial charge in [0.25, 0.3) is 0 Å². The van der Waals surface area contributed by atoms with E-state index in [0.29, 0.717) is 11.3 Å². The molecule has 2 aromatic rings. The Morgan fingerprint density at radius 1 is 1.32 bits per heavy atom. The standard InChI is InChI=1S/C17H19FN2O2/c18-15-8-4-3-7-14(15)17(12-5-1-2-6-12)19-16(21)11-13-9-10-22-20-13/h3-4,7-10,12,17H,1-2,5-6,11H2,(H,19,21)/t17-/m1/s1. The highest BCUT2D eigenvalue weighted by atomic mass is 19.1. The fourth-order valence-electron chi connectivity index (χ4n) is 3.19. The summed E-state index contributed by atoms with van der Waals surface area (Å²) in [6, 6.07) is 8.07. The second kappa shape index (κ2) is 6.73. The lowest BCUT2D eigenvalue weighted by Crippen LogP contribution is -2.34. The molecule has 0 aliphatic heterocycles. The van der Waals surface area contributed by atoms with Crippen LogP contribution in [-0.4, -0.2) is 11.1 Å². The minimum absolute atomic E-state index is 0.147. The van der Waals surface area contributed by atoms with Gasteiger partial charge in [-0.1, -0.05) is 36.2 Å². The number of benzene rings is 1. The average molecular weight is 302 g/mol. The number of hydrogen-bond acceptors (Lipinski definition) is 3. The molecule has 1 saturated carbocycles. The first-order valence-corrected chi connectivity index (χ1v) is 7.67. The highest BCUT2D eigenvalue weighted by molar-refractivity contribution is 5.78. The van der Waals surface area contributed by atoms with Gasteiger partial charge in [-0.05, 0) is 24.8 Å². The van der Waals surface area contributed by atoms with Crippen LogP contribution in [0.1, 0.15) is 43.0 Å². The van der Waals surface area contributed by atoms with Crippen LogP contribution in [0, 0.1) is 11.7 Å². The lowest BCUT2D eigenvalue weighted by Gasteiger charge is -2.25. The summed E-state index contributed by atoms with van der Waals surface area (Å²) in [7, 11) is 0. The van der Waals surface area contributed by atoms with Crippen molar-refractivity contribution in [3.63, 3.8) is 0 Å². The fourth-order valence-corrected chi connectivity index (χ4v) is 3.19. The van der Waals surface area contributed by atoms with E-state index in [1.54, 1.807) is 18.2 Å². The second-order valence-corrected chi connectivity index (χ2v) is 5.78. The van der Waals surface area contributed by atoms with Gasteiger partial charge in [-0.25, -0.2) is 4.39 Å². The van der Waals surface area contributed by atoms with Gasteiger partial charge in [-0.3, -0.25) is 4.79 Å². The third kappa shape index (κ3) is 3.35. The van der Waals surface area contributed by atoms with Crippen molar-refractivity contribution in [3.05, 3.63) is 53.7 Å². The first kappa shape index (κ1) is 14.8. The van der Waals surface area contributed by atoms with E-state index >= 15 is 0 Å². The highest BCUT2D eigenvalue weighted by Gasteiger charge is 2.29. The van der Waals surface area contributed by atoms with Gasteiger partial charge in [0.15, 0.2) is 0 Å². The minimum Gasteiger partial charge on any atom is -0.364 e. The summed E-state index contributed by atoms with van der Waals surface area (Å²) in [5.74, 6) is -0.131. The number of carbonyl (C=O) groups excluding carboxylic acids is 1. The summed E-state index contributed by atoms with van der Waals surface area (Å²) in [5, 5.41) is 6.74. The Kier molecular flexibility index (Phi) is 4.51. The van der Waals surface area contributed by atoms with Gasteiger partial charge in [-0.15, -0.1) is 0 Å². The molecule has 1 aliphatic carbocycles. The first-order valence-electron chi connectivity index (χ1n) is 7.67. The number of aromatic nitrogens is 1. The Morgan fingerprint density at radius 2 is 2.09 bits per heavy atom. The molecule has 0 unspecified atom stereocenters. The monoisotopic (exact) mass is 302 g/mol. The second-order valence-electron chi connectivity index (χ2n) is 5.78. The molecular formula is C17H19FN2O2.